The minimum absolute atomic E-state index is 0.174. The zero-order chi connectivity index (χ0) is 9.40. The Kier molecular flexibility index (Phi) is 6.00. The molecule has 0 aliphatic carbocycles. The van der Waals surface area contributed by atoms with Gasteiger partial charge in [-0.25, -0.2) is 0 Å². The van der Waals surface area contributed by atoms with Crippen molar-refractivity contribution < 1.29 is 4.79 Å². The van der Waals surface area contributed by atoms with Crippen molar-refractivity contribution in [1.82, 2.24) is 0 Å². The van der Waals surface area contributed by atoms with Gasteiger partial charge in [-0.1, -0.05) is 5.57 Å². The second kappa shape index (κ2) is 6.60. The van der Waals surface area contributed by atoms with E-state index >= 15 is 0 Å². The molecule has 2 heteroatoms. The number of carbonyl (C=O) groups is 1. The van der Waals surface area contributed by atoms with Crippen molar-refractivity contribution in [1.29, 1.82) is 5.26 Å². The quantitative estimate of drug-likeness (QED) is 0.464. The lowest BCUT2D eigenvalue weighted by atomic mass is 10.1. The van der Waals surface area contributed by atoms with Crippen molar-refractivity contribution in [2.75, 3.05) is 0 Å². The second-order valence-electron chi connectivity index (χ2n) is 3.05. The molecule has 0 unspecified atom stereocenters. The third kappa shape index (κ3) is 7.01. The van der Waals surface area contributed by atoms with Gasteiger partial charge in [0.2, 0.25) is 0 Å². The molecule has 0 bridgehead atoms. The third-order valence-corrected chi connectivity index (χ3v) is 1.41. The van der Waals surface area contributed by atoms with Crippen molar-refractivity contribution in [3.8, 4) is 6.07 Å². The lowest BCUT2D eigenvalue weighted by Gasteiger charge is -1.93. The molecule has 0 radical (unpaired) electrons. The predicted octanol–water partition coefficient (Wildman–Crippen LogP) is 2.61. The first kappa shape index (κ1) is 10.9. The SMILES string of the molecule is CC(C)=CC(=O)CCCCC#N. The van der Waals surface area contributed by atoms with Gasteiger partial charge in [0, 0.05) is 12.8 Å². The van der Waals surface area contributed by atoms with Crippen LogP contribution in [0.1, 0.15) is 39.5 Å². The fourth-order valence-electron chi connectivity index (χ4n) is 0.897. The Balaban J connectivity index is 3.47. The van der Waals surface area contributed by atoms with E-state index in [-0.39, 0.29) is 5.78 Å². The maximum atomic E-state index is 11.1. The summed E-state index contributed by atoms with van der Waals surface area (Å²) < 4.78 is 0. The van der Waals surface area contributed by atoms with Crippen LogP contribution in [0.2, 0.25) is 0 Å². The van der Waals surface area contributed by atoms with E-state index in [0.717, 1.165) is 18.4 Å². The van der Waals surface area contributed by atoms with Gasteiger partial charge in [0.05, 0.1) is 6.07 Å². The van der Waals surface area contributed by atoms with Crippen molar-refractivity contribution in [2.45, 2.75) is 39.5 Å². The molecule has 66 valence electrons. The van der Waals surface area contributed by atoms with Gasteiger partial charge in [-0.05, 0) is 32.8 Å². The maximum Gasteiger partial charge on any atom is 0.155 e. The molecular weight excluding hydrogens is 150 g/mol. The normalized spacial score (nSPS) is 8.75. The highest BCUT2D eigenvalue weighted by Gasteiger charge is 1.96. The summed E-state index contributed by atoms with van der Waals surface area (Å²) >= 11 is 0. The van der Waals surface area contributed by atoms with E-state index in [2.05, 4.69) is 6.07 Å². The van der Waals surface area contributed by atoms with Crippen LogP contribution < -0.4 is 0 Å². The summed E-state index contributed by atoms with van der Waals surface area (Å²) in [6, 6.07) is 2.06. The van der Waals surface area contributed by atoms with Gasteiger partial charge < -0.3 is 0 Å². The zero-order valence-electron chi connectivity index (χ0n) is 7.76. The molecule has 0 rings (SSSR count). The first-order valence-electron chi connectivity index (χ1n) is 4.21. The molecular formula is C10H15NO. The molecule has 0 saturated heterocycles. The molecule has 0 aromatic heterocycles. The van der Waals surface area contributed by atoms with E-state index in [4.69, 9.17) is 5.26 Å². The van der Waals surface area contributed by atoms with Gasteiger partial charge in [-0.15, -0.1) is 0 Å². The summed E-state index contributed by atoms with van der Waals surface area (Å²) in [5, 5.41) is 8.23. The molecule has 2 nitrogen and oxygen atoms in total. The van der Waals surface area contributed by atoms with Gasteiger partial charge in [0.1, 0.15) is 0 Å². The highest BCUT2D eigenvalue weighted by atomic mass is 16.1. The molecule has 12 heavy (non-hydrogen) atoms. The van der Waals surface area contributed by atoms with Gasteiger partial charge in [0.25, 0.3) is 0 Å². The number of hydrogen-bond acceptors (Lipinski definition) is 2. The van der Waals surface area contributed by atoms with Crippen LogP contribution in [-0.2, 0) is 4.79 Å². The average Bonchev–Trinajstić information content (AvgIpc) is 1.97. The molecule has 0 fully saturated rings. The van der Waals surface area contributed by atoms with E-state index < -0.39 is 0 Å². The molecule has 0 N–H and O–H groups in total. The smallest absolute Gasteiger partial charge is 0.155 e. The second-order valence-corrected chi connectivity index (χ2v) is 3.05. The van der Waals surface area contributed by atoms with Crippen LogP contribution in [-0.4, -0.2) is 5.78 Å². The largest absolute Gasteiger partial charge is 0.295 e. The van der Waals surface area contributed by atoms with Crippen molar-refractivity contribution in [2.24, 2.45) is 0 Å². The van der Waals surface area contributed by atoms with Crippen LogP contribution in [0.15, 0.2) is 11.6 Å². The lowest BCUT2D eigenvalue weighted by Crippen LogP contribution is -1.92. The molecule has 0 aromatic rings. The first-order chi connectivity index (χ1) is 5.66. The maximum absolute atomic E-state index is 11.1. The van der Waals surface area contributed by atoms with Crippen LogP contribution in [0.4, 0.5) is 0 Å². The van der Waals surface area contributed by atoms with Gasteiger partial charge >= 0.3 is 0 Å². The lowest BCUT2D eigenvalue weighted by molar-refractivity contribution is -0.114. The Morgan fingerprint density at radius 1 is 1.42 bits per heavy atom. The molecule has 0 saturated carbocycles. The summed E-state index contributed by atoms with van der Waals surface area (Å²) in [5.74, 6) is 0.174. The molecule has 0 aliphatic heterocycles. The summed E-state index contributed by atoms with van der Waals surface area (Å²) in [6.07, 6.45) is 4.45. The molecule has 0 amide bonds. The molecule has 0 aromatic carbocycles. The summed E-state index contributed by atoms with van der Waals surface area (Å²) in [5.41, 5.74) is 1.04. The third-order valence-electron chi connectivity index (χ3n) is 1.41. The minimum atomic E-state index is 0.174. The van der Waals surface area contributed by atoms with Gasteiger partial charge in [-0.3, -0.25) is 4.79 Å². The molecule has 0 heterocycles. The van der Waals surface area contributed by atoms with Gasteiger partial charge in [0.15, 0.2) is 5.78 Å². The van der Waals surface area contributed by atoms with E-state index in [9.17, 15) is 4.79 Å². The number of unbranched alkanes of at least 4 members (excludes halogenated alkanes) is 2. The highest BCUT2D eigenvalue weighted by molar-refractivity contribution is 5.90. The van der Waals surface area contributed by atoms with Gasteiger partial charge in [-0.2, -0.15) is 5.26 Å². The number of carbonyl (C=O) groups excluding carboxylic acids is 1. The van der Waals surface area contributed by atoms with Crippen LogP contribution in [0.5, 0.6) is 0 Å². The predicted molar refractivity (Wildman–Crippen MR) is 48.5 cm³/mol. The number of ketones is 1. The number of rotatable bonds is 5. The summed E-state index contributed by atoms with van der Waals surface area (Å²) in [6.45, 7) is 3.82. The van der Waals surface area contributed by atoms with Crippen LogP contribution in [0.25, 0.3) is 0 Å². The first-order valence-corrected chi connectivity index (χ1v) is 4.21. The Morgan fingerprint density at radius 2 is 2.08 bits per heavy atom. The number of nitrogens with zero attached hydrogens (tertiary/aromatic N) is 1. The zero-order valence-corrected chi connectivity index (χ0v) is 7.76. The Labute approximate surface area is 73.9 Å². The van der Waals surface area contributed by atoms with E-state index in [1.165, 1.54) is 0 Å². The summed E-state index contributed by atoms with van der Waals surface area (Å²) in [4.78, 5) is 11.1. The number of allylic oxidation sites excluding steroid dienone is 2. The van der Waals surface area contributed by atoms with Crippen molar-refractivity contribution >= 4 is 5.78 Å². The van der Waals surface area contributed by atoms with Crippen molar-refractivity contribution in [3.63, 3.8) is 0 Å². The average molecular weight is 165 g/mol. The Bertz CT molecular complexity index is 206. The monoisotopic (exact) mass is 165 g/mol. The fraction of sp³-hybridized carbons (Fsp3) is 0.600. The van der Waals surface area contributed by atoms with E-state index in [1.807, 2.05) is 13.8 Å². The van der Waals surface area contributed by atoms with Crippen LogP contribution in [0, 0.1) is 11.3 Å². The standard InChI is InChI=1S/C10H15NO/c1-9(2)8-10(12)6-4-3-5-7-11/h8H,3-6H2,1-2H3. The van der Waals surface area contributed by atoms with E-state index in [0.29, 0.717) is 12.8 Å². The van der Waals surface area contributed by atoms with Crippen LogP contribution in [0.3, 0.4) is 0 Å². The highest BCUT2D eigenvalue weighted by Crippen LogP contribution is 2.01. The summed E-state index contributed by atoms with van der Waals surface area (Å²) in [7, 11) is 0. The Hall–Kier alpha value is -1.10. The molecule has 0 spiro atoms. The topological polar surface area (TPSA) is 40.9 Å². The fourth-order valence-corrected chi connectivity index (χ4v) is 0.897. The number of nitriles is 1. The van der Waals surface area contributed by atoms with E-state index in [1.54, 1.807) is 6.08 Å². The Morgan fingerprint density at radius 3 is 2.58 bits per heavy atom. The number of hydrogen-bond donors (Lipinski definition) is 0. The van der Waals surface area contributed by atoms with Crippen LogP contribution >= 0.6 is 0 Å². The minimum Gasteiger partial charge on any atom is -0.295 e. The molecule has 0 aliphatic rings. The van der Waals surface area contributed by atoms with Crippen molar-refractivity contribution in [3.05, 3.63) is 11.6 Å². The molecule has 0 atom stereocenters.